The van der Waals surface area contributed by atoms with Gasteiger partial charge in [-0.3, -0.25) is 14.5 Å². The van der Waals surface area contributed by atoms with E-state index in [0.29, 0.717) is 5.56 Å². The van der Waals surface area contributed by atoms with Crippen LogP contribution < -0.4 is 10.6 Å². The zero-order chi connectivity index (χ0) is 34.5. The molecule has 0 bridgehead atoms. The van der Waals surface area contributed by atoms with Gasteiger partial charge >= 0.3 is 18.1 Å². The van der Waals surface area contributed by atoms with Crippen LogP contribution in [0.25, 0.3) is 11.1 Å². The number of amides is 5. The second kappa shape index (κ2) is 14.0. The molecule has 1 heterocycles. The van der Waals surface area contributed by atoms with E-state index in [9.17, 15) is 24.0 Å². The van der Waals surface area contributed by atoms with Crippen LogP contribution in [0.4, 0.5) is 9.59 Å². The molecule has 0 saturated carbocycles. The number of fused-ring (bicyclic) bond motifs is 3. The summed E-state index contributed by atoms with van der Waals surface area (Å²) < 4.78 is 10.4. The van der Waals surface area contributed by atoms with E-state index in [-0.39, 0.29) is 25.6 Å². The number of carbonyl (C=O) groups excluding carboxylic acids is 5. The highest BCUT2D eigenvalue weighted by Crippen LogP contribution is 2.44. The summed E-state index contributed by atoms with van der Waals surface area (Å²) in [4.78, 5) is 68.6. The van der Waals surface area contributed by atoms with Gasteiger partial charge in [0.1, 0.15) is 24.7 Å². The Hall–Kier alpha value is -5.97. The SMILES string of the molecule is COC(=O)C(CNC(=O)CN1C(=O)N(Cc2ccccc2)C(C)(c2ccccc2)C1=O)NC(=O)OCC1c2ccccc2-c2ccccc21. The third-order valence-corrected chi connectivity index (χ3v) is 9.11. The molecule has 0 radical (unpaired) electrons. The van der Waals surface area contributed by atoms with Gasteiger partial charge in [-0.15, -0.1) is 0 Å². The summed E-state index contributed by atoms with van der Waals surface area (Å²) >= 11 is 0. The van der Waals surface area contributed by atoms with Gasteiger partial charge < -0.3 is 25.0 Å². The number of benzene rings is 4. The average molecular weight is 661 g/mol. The Labute approximate surface area is 283 Å². The number of nitrogens with one attached hydrogen (secondary N) is 2. The zero-order valence-electron chi connectivity index (χ0n) is 27.1. The van der Waals surface area contributed by atoms with Crippen molar-refractivity contribution in [3.8, 4) is 11.1 Å². The molecule has 2 N–H and O–H groups in total. The standard InChI is InChI=1S/C38H36N4O7/c1-38(26-15-7-4-8-16-26)35(45)41(37(47)42(38)22-25-13-5-3-6-14-25)23-33(43)39-21-32(34(44)48-2)40-36(46)49-24-31-29-19-11-9-17-27(29)28-18-10-12-20-30(28)31/h3-20,31-32H,21-24H2,1-2H3,(H,39,43)(H,40,46). The Morgan fingerprint density at radius 3 is 2.00 bits per heavy atom. The number of ether oxygens (including phenoxy) is 2. The van der Waals surface area contributed by atoms with E-state index in [1.54, 1.807) is 31.2 Å². The van der Waals surface area contributed by atoms with Crippen LogP contribution in [0.5, 0.6) is 0 Å². The highest BCUT2D eigenvalue weighted by atomic mass is 16.6. The van der Waals surface area contributed by atoms with E-state index in [1.807, 2.05) is 84.9 Å². The van der Waals surface area contributed by atoms with Gasteiger partial charge in [-0.2, -0.15) is 0 Å². The highest BCUT2D eigenvalue weighted by Gasteiger charge is 2.55. The van der Waals surface area contributed by atoms with Gasteiger partial charge in [-0.1, -0.05) is 109 Å². The molecule has 2 aliphatic rings. The maximum Gasteiger partial charge on any atom is 0.407 e. The lowest BCUT2D eigenvalue weighted by molar-refractivity contribution is -0.143. The van der Waals surface area contributed by atoms with E-state index in [0.717, 1.165) is 39.8 Å². The summed E-state index contributed by atoms with van der Waals surface area (Å²) in [5.74, 6) is -2.27. The van der Waals surface area contributed by atoms with Crippen molar-refractivity contribution < 1.29 is 33.4 Å². The van der Waals surface area contributed by atoms with Gasteiger partial charge in [-0.05, 0) is 40.3 Å². The predicted octanol–water partition coefficient (Wildman–Crippen LogP) is 4.56. The van der Waals surface area contributed by atoms with Crippen molar-refractivity contribution >= 4 is 29.9 Å². The zero-order valence-corrected chi connectivity index (χ0v) is 27.1. The third-order valence-electron chi connectivity index (χ3n) is 9.11. The van der Waals surface area contributed by atoms with E-state index in [1.165, 1.54) is 4.90 Å². The van der Waals surface area contributed by atoms with Crippen LogP contribution in [0.3, 0.4) is 0 Å². The molecule has 6 rings (SSSR count). The summed E-state index contributed by atoms with van der Waals surface area (Å²) in [6, 6.07) is 32.1. The monoisotopic (exact) mass is 660 g/mol. The number of hydrogen-bond acceptors (Lipinski definition) is 7. The van der Waals surface area contributed by atoms with Gasteiger partial charge in [0.05, 0.1) is 7.11 Å². The minimum Gasteiger partial charge on any atom is -0.467 e. The second-order valence-electron chi connectivity index (χ2n) is 12.0. The molecule has 4 aromatic rings. The van der Waals surface area contributed by atoms with Crippen LogP contribution in [0, 0.1) is 0 Å². The van der Waals surface area contributed by atoms with Crippen molar-refractivity contribution in [1.82, 2.24) is 20.4 Å². The van der Waals surface area contributed by atoms with Crippen LogP contribution in [0.1, 0.15) is 35.1 Å². The van der Waals surface area contributed by atoms with Crippen molar-refractivity contribution in [2.75, 3.05) is 26.8 Å². The fourth-order valence-corrected chi connectivity index (χ4v) is 6.51. The Bertz CT molecular complexity index is 1840. The summed E-state index contributed by atoms with van der Waals surface area (Å²) in [7, 11) is 1.16. The molecule has 1 aliphatic heterocycles. The number of methoxy groups -OCH3 is 1. The molecule has 0 spiro atoms. The van der Waals surface area contributed by atoms with Gasteiger partial charge in [0.2, 0.25) is 5.91 Å². The first-order chi connectivity index (χ1) is 23.7. The van der Waals surface area contributed by atoms with Crippen molar-refractivity contribution in [3.05, 3.63) is 131 Å². The minimum atomic E-state index is -1.37. The largest absolute Gasteiger partial charge is 0.467 e. The fraction of sp³-hybridized carbons (Fsp3) is 0.237. The molecule has 11 nitrogen and oxygen atoms in total. The lowest BCUT2D eigenvalue weighted by Crippen LogP contribution is -2.51. The van der Waals surface area contributed by atoms with Crippen molar-refractivity contribution in [3.63, 3.8) is 0 Å². The van der Waals surface area contributed by atoms with Crippen LogP contribution in [0.15, 0.2) is 109 Å². The number of hydrogen-bond donors (Lipinski definition) is 2. The second-order valence-corrected chi connectivity index (χ2v) is 12.0. The number of imide groups is 1. The number of esters is 1. The van der Waals surface area contributed by atoms with E-state index >= 15 is 0 Å². The Kier molecular flexibility index (Phi) is 9.43. The third kappa shape index (κ3) is 6.47. The quantitative estimate of drug-likeness (QED) is 0.178. The molecule has 1 fully saturated rings. The maximum absolute atomic E-state index is 13.9. The number of carbonyl (C=O) groups is 5. The van der Waals surface area contributed by atoms with Crippen LogP contribution in [-0.2, 0) is 35.9 Å². The summed E-state index contributed by atoms with van der Waals surface area (Å²) in [6.45, 7) is 0.872. The predicted molar refractivity (Wildman–Crippen MR) is 180 cm³/mol. The lowest BCUT2D eigenvalue weighted by atomic mass is 9.90. The van der Waals surface area contributed by atoms with Crippen molar-refractivity contribution in [1.29, 1.82) is 0 Å². The topological polar surface area (TPSA) is 134 Å². The van der Waals surface area contributed by atoms with E-state index < -0.39 is 48.0 Å². The first-order valence-corrected chi connectivity index (χ1v) is 15.9. The molecule has 2 atom stereocenters. The molecule has 2 unspecified atom stereocenters. The van der Waals surface area contributed by atoms with Gasteiger partial charge in [0, 0.05) is 19.0 Å². The molecule has 4 aromatic carbocycles. The van der Waals surface area contributed by atoms with Gasteiger partial charge in [0.15, 0.2) is 0 Å². The summed E-state index contributed by atoms with van der Waals surface area (Å²) in [5, 5.41) is 5.02. The molecule has 11 heteroatoms. The molecule has 1 saturated heterocycles. The van der Waals surface area contributed by atoms with Crippen molar-refractivity contribution in [2.45, 2.75) is 31.0 Å². The van der Waals surface area contributed by atoms with Crippen LogP contribution in [0.2, 0.25) is 0 Å². The average Bonchev–Trinajstić information content (AvgIpc) is 3.54. The summed E-state index contributed by atoms with van der Waals surface area (Å²) in [6.07, 6.45) is -0.869. The van der Waals surface area contributed by atoms with Gasteiger partial charge in [0.25, 0.3) is 5.91 Å². The molecule has 1 aliphatic carbocycles. The minimum absolute atomic E-state index is 0.0267. The number of nitrogens with zero attached hydrogens (tertiary/aromatic N) is 2. The normalized spacial score (nSPS) is 17.3. The van der Waals surface area contributed by atoms with Gasteiger partial charge in [-0.25, -0.2) is 14.4 Å². The Balaban J connectivity index is 1.10. The molecule has 49 heavy (non-hydrogen) atoms. The molecular weight excluding hydrogens is 624 g/mol. The lowest BCUT2D eigenvalue weighted by Gasteiger charge is -2.32. The molecule has 0 aromatic heterocycles. The highest BCUT2D eigenvalue weighted by molar-refractivity contribution is 6.09. The molecular formula is C38H36N4O7. The van der Waals surface area contributed by atoms with E-state index in [2.05, 4.69) is 10.6 Å². The maximum atomic E-state index is 13.9. The fourth-order valence-electron chi connectivity index (χ4n) is 6.51. The first kappa shape index (κ1) is 33.0. The van der Waals surface area contributed by atoms with Crippen LogP contribution >= 0.6 is 0 Å². The van der Waals surface area contributed by atoms with E-state index in [4.69, 9.17) is 9.47 Å². The van der Waals surface area contributed by atoms with Crippen LogP contribution in [-0.4, -0.2) is 72.6 Å². The number of urea groups is 1. The first-order valence-electron chi connectivity index (χ1n) is 15.9. The Morgan fingerprint density at radius 1 is 0.816 bits per heavy atom. The molecule has 250 valence electrons. The smallest absolute Gasteiger partial charge is 0.407 e. The number of rotatable bonds is 11. The number of alkyl carbamates (subject to hydrolysis) is 1. The van der Waals surface area contributed by atoms with Crippen molar-refractivity contribution in [2.24, 2.45) is 0 Å². The molecule has 5 amide bonds. The Morgan fingerprint density at radius 2 is 1.39 bits per heavy atom. The summed E-state index contributed by atoms with van der Waals surface area (Å²) in [5.41, 5.74) is 4.26.